The maximum Gasteiger partial charge on any atom is 0.132 e. The molecule has 3 nitrogen and oxygen atoms in total. The van der Waals surface area contributed by atoms with Gasteiger partial charge in [-0.25, -0.2) is 5.53 Å². The van der Waals surface area contributed by atoms with E-state index in [0.29, 0.717) is 0 Å². The van der Waals surface area contributed by atoms with Crippen molar-refractivity contribution in [3.8, 4) is 0 Å². The summed E-state index contributed by atoms with van der Waals surface area (Å²) in [6, 6.07) is 11.2. The predicted octanol–water partition coefficient (Wildman–Crippen LogP) is 1.00. The first-order valence-electron chi connectivity index (χ1n) is 3.83. The van der Waals surface area contributed by atoms with Crippen molar-refractivity contribution in [3.63, 3.8) is 0 Å². The number of hydrogen-bond donors (Lipinski definition) is 1. The van der Waals surface area contributed by atoms with Crippen molar-refractivity contribution < 1.29 is 0 Å². The van der Waals surface area contributed by atoms with E-state index in [-0.39, 0.29) is 0 Å². The van der Waals surface area contributed by atoms with Gasteiger partial charge in [-0.15, -0.1) is 0 Å². The van der Waals surface area contributed by atoms with E-state index in [9.17, 15) is 0 Å². The topological polar surface area (TPSA) is 27.6 Å². The molecule has 0 spiro atoms. The Hall–Kier alpha value is -1.35. The second kappa shape index (κ2) is 2.95. The van der Waals surface area contributed by atoms with Crippen LogP contribution in [0.1, 0.15) is 5.56 Å². The van der Waals surface area contributed by atoms with Crippen molar-refractivity contribution in [2.24, 2.45) is 5.10 Å². The van der Waals surface area contributed by atoms with Crippen LogP contribution in [0.25, 0.3) is 0 Å². The molecule has 0 atom stereocenters. The molecule has 12 heavy (non-hydrogen) atoms. The molecule has 0 aromatic heterocycles. The Labute approximate surface area is 71.7 Å². The lowest BCUT2D eigenvalue weighted by Gasteiger charge is -2.15. The van der Waals surface area contributed by atoms with Crippen LogP contribution in [0.15, 0.2) is 35.4 Å². The van der Waals surface area contributed by atoms with E-state index in [0.717, 1.165) is 6.04 Å². The molecule has 1 aliphatic rings. The molecule has 1 aromatic carbocycles. The van der Waals surface area contributed by atoms with Crippen LogP contribution in [0, 0.1) is 6.04 Å². The van der Waals surface area contributed by atoms with Crippen molar-refractivity contribution in [2.45, 2.75) is 0 Å². The third-order valence-corrected chi connectivity index (χ3v) is 1.83. The molecule has 1 heterocycles. The Morgan fingerprint density at radius 3 is 2.58 bits per heavy atom. The molecule has 2 rings (SSSR count). The first-order chi connectivity index (χ1) is 5.88. The van der Waals surface area contributed by atoms with Gasteiger partial charge in [-0.05, 0) is 5.56 Å². The van der Waals surface area contributed by atoms with E-state index in [4.69, 9.17) is 0 Å². The summed E-state index contributed by atoms with van der Waals surface area (Å²) in [6.45, 7) is 0. The number of hydrogen-bond acceptors (Lipinski definition) is 3. The van der Waals surface area contributed by atoms with Crippen molar-refractivity contribution in [1.29, 1.82) is 0 Å². The minimum absolute atomic E-state index is 1.09. The van der Waals surface area contributed by atoms with Gasteiger partial charge < -0.3 is 0 Å². The second-order valence-electron chi connectivity index (χ2n) is 2.67. The van der Waals surface area contributed by atoms with Crippen molar-refractivity contribution >= 4 is 6.21 Å². The number of rotatable bonds is 1. The predicted molar refractivity (Wildman–Crippen MR) is 48.2 cm³/mol. The normalized spacial score (nSPS) is 18.1. The standard InChI is InChI=1S/C9H10N3/c1-12-9(7-10-11-12)8-5-3-2-4-6-8/h2-7,11H,1H3. The third kappa shape index (κ3) is 1.19. The average molecular weight is 160 g/mol. The lowest BCUT2D eigenvalue weighted by atomic mass is 10.1. The van der Waals surface area contributed by atoms with E-state index in [2.05, 4.69) is 22.8 Å². The van der Waals surface area contributed by atoms with E-state index >= 15 is 0 Å². The fourth-order valence-corrected chi connectivity index (χ4v) is 1.19. The van der Waals surface area contributed by atoms with Gasteiger partial charge in [-0.3, -0.25) is 0 Å². The maximum atomic E-state index is 3.94. The number of hydrazine groups is 1. The molecule has 1 aromatic rings. The van der Waals surface area contributed by atoms with Crippen LogP contribution in [-0.2, 0) is 0 Å². The quantitative estimate of drug-likeness (QED) is 0.663. The van der Waals surface area contributed by atoms with Gasteiger partial charge in [-0.1, -0.05) is 30.3 Å². The minimum atomic E-state index is 1.09. The summed E-state index contributed by atoms with van der Waals surface area (Å²) in [7, 11) is 1.94. The molecule has 0 bridgehead atoms. The maximum absolute atomic E-state index is 3.94. The highest BCUT2D eigenvalue weighted by Crippen LogP contribution is 2.16. The highest BCUT2D eigenvalue weighted by atomic mass is 15.7. The fraction of sp³-hybridized carbons (Fsp3) is 0.111. The second-order valence-corrected chi connectivity index (χ2v) is 2.67. The fourth-order valence-electron chi connectivity index (χ4n) is 1.19. The van der Waals surface area contributed by atoms with Gasteiger partial charge in [0.25, 0.3) is 0 Å². The van der Waals surface area contributed by atoms with E-state index in [1.54, 1.807) is 0 Å². The Morgan fingerprint density at radius 1 is 1.25 bits per heavy atom. The van der Waals surface area contributed by atoms with E-state index < -0.39 is 0 Å². The van der Waals surface area contributed by atoms with Gasteiger partial charge in [0.15, 0.2) is 0 Å². The van der Waals surface area contributed by atoms with Gasteiger partial charge in [0.2, 0.25) is 0 Å². The highest BCUT2D eigenvalue weighted by molar-refractivity contribution is 5.80. The molecule has 1 N–H and O–H groups in total. The van der Waals surface area contributed by atoms with Gasteiger partial charge in [0, 0.05) is 7.05 Å². The summed E-state index contributed by atoms with van der Waals surface area (Å²) < 4.78 is 0. The zero-order valence-corrected chi connectivity index (χ0v) is 6.86. The van der Waals surface area contributed by atoms with E-state index in [1.165, 1.54) is 5.56 Å². The monoisotopic (exact) mass is 160 g/mol. The van der Waals surface area contributed by atoms with Crippen molar-refractivity contribution in [3.05, 3.63) is 41.9 Å². The van der Waals surface area contributed by atoms with Crippen LogP contribution in [0.3, 0.4) is 0 Å². The minimum Gasteiger partial charge on any atom is -0.240 e. The molecule has 0 amide bonds. The van der Waals surface area contributed by atoms with Gasteiger partial charge >= 0.3 is 0 Å². The van der Waals surface area contributed by atoms with Crippen LogP contribution in [-0.4, -0.2) is 18.3 Å². The first-order valence-corrected chi connectivity index (χ1v) is 3.83. The summed E-state index contributed by atoms with van der Waals surface area (Å²) in [5.41, 5.74) is 4.01. The van der Waals surface area contributed by atoms with Crippen LogP contribution in [0.5, 0.6) is 0 Å². The molecule has 1 aliphatic heterocycles. The third-order valence-electron chi connectivity index (χ3n) is 1.83. The molecule has 0 aliphatic carbocycles. The summed E-state index contributed by atoms with van der Waals surface area (Å²) in [4.78, 5) is 0. The Kier molecular flexibility index (Phi) is 1.80. The largest absolute Gasteiger partial charge is 0.240 e. The Morgan fingerprint density at radius 2 is 2.00 bits per heavy atom. The number of hydrazone groups is 1. The smallest absolute Gasteiger partial charge is 0.132 e. The molecule has 0 unspecified atom stereocenters. The van der Waals surface area contributed by atoms with Gasteiger partial charge in [0.05, 0.1) is 6.21 Å². The molecular weight excluding hydrogens is 150 g/mol. The average Bonchev–Trinajstić information content (AvgIpc) is 2.53. The Balaban J connectivity index is 2.25. The lowest BCUT2D eigenvalue weighted by molar-refractivity contribution is 0.314. The van der Waals surface area contributed by atoms with Gasteiger partial charge in [0.1, 0.15) is 6.04 Å². The molecule has 0 fully saturated rings. The highest BCUT2D eigenvalue weighted by Gasteiger charge is 2.19. The number of benzene rings is 1. The number of nitrogens with one attached hydrogen (secondary N) is 1. The van der Waals surface area contributed by atoms with Crippen LogP contribution in [0.4, 0.5) is 0 Å². The lowest BCUT2D eigenvalue weighted by Crippen LogP contribution is -2.29. The van der Waals surface area contributed by atoms with Crippen LogP contribution in [0.2, 0.25) is 0 Å². The molecule has 61 valence electrons. The molecular formula is C9H10N3. The molecule has 3 heteroatoms. The number of nitrogens with zero attached hydrogens (tertiary/aromatic N) is 2. The Bertz CT molecular complexity index is 281. The van der Waals surface area contributed by atoms with Crippen LogP contribution < -0.4 is 5.53 Å². The van der Waals surface area contributed by atoms with E-state index in [1.807, 2.05) is 36.5 Å². The summed E-state index contributed by atoms with van der Waals surface area (Å²) in [6.07, 6.45) is 1.81. The zero-order valence-electron chi connectivity index (χ0n) is 6.86. The summed E-state index contributed by atoms with van der Waals surface area (Å²) >= 11 is 0. The summed E-state index contributed by atoms with van der Waals surface area (Å²) in [5, 5.41) is 5.82. The molecule has 0 saturated carbocycles. The summed E-state index contributed by atoms with van der Waals surface area (Å²) in [5.74, 6) is 0. The van der Waals surface area contributed by atoms with Crippen LogP contribution >= 0.6 is 0 Å². The van der Waals surface area contributed by atoms with Crippen molar-refractivity contribution in [1.82, 2.24) is 10.5 Å². The van der Waals surface area contributed by atoms with Gasteiger partial charge in [-0.2, -0.15) is 10.1 Å². The van der Waals surface area contributed by atoms with Crippen molar-refractivity contribution in [2.75, 3.05) is 7.05 Å². The molecule has 1 radical (unpaired) electrons. The first kappa shape index (κ1) is 7.31. The zero-order chi connectivity index (χ0) is 8.39. The molecule has 0 saturated heterocycles. The SMILES string of the molecule is CN1NN=C[C]1c1ccccc1.